The first-order chi connectivity index (χ1) is 7.99. The van der Waals surface area contributed by atoms with Crippen LogP contribution in [0.3, 0.4) is 0 Å². The summed E-state index contributed by atoms with van der Waals surface area (Å²) in [5.41, 5.74) is 0.176. The van der Waals surface area contributed by atoms with Gasteiger partial charge < -0.3 is 10.2 Å². The van der Waals surface area contributed by atoms with E-state index in [1.165, 1.54) is 13.0 Å². The number of carbonyl (C=O) groups is 2. The Balaban J connectivity index is 2.34. The van der Waals surface area contributed by atoms with Gasteiger partial charge in [-0.3, -0.25) is 9.59 Å². The van der Waals surface area contributed by atoms with E-state index in [0.717, 1.165) is 17.0 Å². The van der Waals surface area contributed by atoms with Gasteiger partial charge in [-0.2, -0.15) is 0 Å². The van der Waals surface area contributed by atoms with Crippen LogP contribution in [-0.2, 0) is 9.59 Å². The molecule has 1 aliphatic rings. The highest BCUT2D eigenvalue weighted by Gasteiger charge is 2.30. The molecule has 0 bridgehead atoms. The van der Waals surface area contributed by atoms with Crippen LogP contribution < -0.4 is 10.2 Å². The Hall–Kier alpha value is -1.98. The fourth-order valence-corrected chi connectivity index (χ4v) is 1.68. The predicted octanol–water partition coefficient (Wildman–Crippen LogP) is 0.816. The lowest BCUT2D eigenvalue weighted by atomic mass is 10.2. The van der Waals surface area contributed by atoms with Crippen LogP contribution >= 0.6 is 0 Å². The minimum atomic E-state index is -1.05. The Morgan fingerprint density at radius 1 is 1.29 bits per heavy atom. The molecule has 2 rings (SSSR count). The third kappa shape index (κ3) is 2.11. The number of hydrogen-bond acceptors (Lipinski definition) is 2. The van der Waals surface area contributed by atoms with Gasteiger partial charge in [0.15, 0.2) is 11.6 Å². The largest absolute Gasteiger partial charge is 0.343 e. The van der Waals surface area contributed by atoms with Crippen molar-refractivity contribution < 1.29 is 18.4 Å². The van der Waals surface area contributed by atoms with Crippen molar-refractivity contribution in [3.63, 3.8) is 0 Å². The summed E-state index contributed by atoms with van der Waals surface area (Å²) in [6, 6.07) is 2.43. The van der Waals surface area contributed by atoms with Crippen molar-refractivity contribution in [2.24, 2.45) is 0 Å². The molecule has 4 nitrogen and oxygen atoms in total. The molecule has 90 valence electrons. The van der Waals surface area contributed by atoms with E-state index in [2.05, 4.69) is 5.32 Å². The zero-order valence-corrected chi connectivity index (χ0v) is 9.04. The molecule has 1 atom stereocenters. The Morgan fingerprint density at radius 3 is 2.65 bits per heavy atom. The third-order valence-corrected chi connectivity index (χ3v) is 2.53. The van der Waals surface area contributed by atoms with Crippen molar-refractivity contribution in [3.05, 3.63) is 29.8 Å². The number of anilines is 1. The van der Waals surface area contributed by atoms with Gasteiger partial charge in [-0.15, -0.1) is 0 Å². The van der Waals surface area contributed by atoms with Gasteiger partial charge in [0.1, 0.15) is 12.6 Å². The highest BCUT2D eigenvalue weighted by Crippen LogP contribution is 2.20. The molecular formula is C11H10F2N2O2. The maximum atomic E-state index is 13.0. The molecule has 6 heteroatoms. The average molecular weight is 240 g/mol. The summed E-state index contributed by atoms with van der Waals surface area (Å²) >= 11 is 0. The fourth-order valence-electron chi connectivity index (χ4n) is 1.68. The lowest BCUT2D eigenvalue weighted by Gasteiger charge is -2.30. The molecule has 1 heterocycles. The van der Waals surface area contributed by atoms with E-state index < -0.39 is 17.7 Å². The second-order valence-corrected chi connectivity index (χ2v) is 3.81. The molecule has 1 aliphatic heterocycles. The molecule has 0 aromatic heterocycles. The van der Waals surface area contributed by atoms with Crippen LogP contribution in [0, 0.1) is 11.6 Å². The molecule has 1 N–H and O–H groups in total. The Labute approximate surface area is 96.2 Å². The maximum absolute atomic E-state index is 13.0. The van der Waals surface area contributed by atoms with Gasteiger partial charge in [0.25, 0.3) is 0 Å². The summed E-state index contributed by atoms with van der Waals surface area (Å²) in [4.78, 5) is 24.2. The van der Waals surface area contributed by atoms with Crippen LogP contribution in [-0.4, -0.2) is 24.4 Å². The quantitative estimate of drug-likeness (QED) is 0.790. The molecule has 1 aromatic rings. The predicted molar refractivity (Wildman–Crippen MR) is 56.3 cm³/mol. The van der Waals surface area contributed by atoms with Crippen molar-refractivity contribution in [1.82, 2.24) is 5.32 Å². The first-order valence-corrected chi connectivity index (χ1v) is 5.05. The normalized spacial score (nSPS) is 20.4. The molecule has 0 spiro atoms. The zero-order valence-electron chi connectivity index (χ0n) is 9.04. The van der Waals surface area contributed by atoms with Crippen LogP contribution in [0.5, 0.6) is 0 Å². The van der Waals surface area contributed by atoms with Crippen LogP contribution in [0.2, 0.25) is 0 Å². The van der Waals surface area contributed by atoms with Gasteiger partial charge in [0.2, 0.25) is 11.8 Å². The highest BCUT2D eigenvalue weighted by atomic mass is 19.2. The molecule has 0 saturated carbocycles. The summed E-state index contributed by atoms with van der Waals surface area (Å²) < 4.78 is 25.8. The monoisotopic (exact) mass is 240 g/mol. The number of rotatable bonds is 1. The number of nitrogens with one attached hydrogen (secondary N) is 1. The van der Waals surface area contributed by atoms with Crippen LogP contribution in [0.4, 0.5) is 14.5 Å². The second kappa shape index (κ2) is 4.12. The molecule has 1 saturated heterocycles. The SMILES string of the molecule is CC1NC(=O)CN(c2ccc(F)c(F)c2)C1=O. The van der Waals surface area contributed by atoms with Crippen molar-refractivity contribution in [1.29, 1.82) is 0 Å². The minimum Gasteiger partial charge on any atom is -0.343 e. The first kappa shape index (κ1) is 11.5. The van der Waals surface area contributed by atoms with Gasteiger partial charge in [-0.1, -0.05) is 0 Å². The van der Waals surface area contributed by atoms with E-state index in [4.69, 9.17) is 0 Å². The summed E-state index contributed by atoms with van der Waals surface area (Å²) in [6.07, 6.45) is 0. The second-order valence-electron chi connectivity index (χ2n) is 3.81. The van der Waals surface area contributed by atoms with Crippen molar-refractivity contribution >= 4 is 17.5 Å². The molecule has 2 amide bonds. The molecular weight excluding hydrogens is 230 g/mol. The van der Waals surface area contributed by atoms with Gasteiger partial charge in [-0.05, 0) is 19.1 Å². The third-order valence-electron chi connectivity index (χ3n) is 2.53. The van der Waals surface area contributed by atoms with E-state index in [0.29, 0.717) is 0 Å². The molecule has 0 aliphatic carbocycles. The topological polar surface area (TPSA) is 49.4 Å². The maximum Gasteiger partial charge on any atom is 0.249 e. The Kier molecular flexibility index (Phi) is 2.79. The number of carbonyl (C=O) groups excluding carboxylic acids is 2. The van der Waals surface area contributed by atoms with Gasteiger partial charge >= 0.3 is 0 Å². The Bertz CT molecular complexity index is 490. The van der Waals surface area contributed by atoms with E-state index in [1.807, 2.05) is 0 Å². The number of amides is 2. The van der Waals surface area contributed by atoms with Crippen molar-refractivity contribution in [2.45, 2.75) is 13.0 Å². The Morgan fingerprint density at radius 2 is 2.00 bits per heavy atom. The molecule has 17 heavy (non-hydrogen) atoms. The van der Waals surface area contributed by atoms with Crippen LogP contribution in [0.25, 0.3) is 0 Å². The van der Waals surface area contributed by atoms with Crippen molar-refractivity contribution in [2.75, 3.05) is 11.4 Å². The van der Waals surface area contributed by atoms with Gasteiger partial charge in [0.05, 0.1) is 0 Å². The number of halogens is 2. The first-order valence-electron chi connectivity index (χ1n) is 5.05. The van der Waals surface area contributed by atoms with E-state index in [-0.39, 0.29) is 24.0 Å². The minimum absolute atomic E-state index is 0.176. The number of benzene rings is 1. The summed E-state index contributed by atoms with van der Waals surface area (Å²) in [7, 11) is 0. The molecule has 0 radical (unpaired) electrons. The molecule has 1 fully saturated rings. The number of hydrogen-bond donors (Lipinski definition) is 1. The molecule has 1 aromatic carbocycles. The smallest absolute Gasteiger partial charge is 0.249 e. The van der Waals surface area contributed by atoms with E-state index >= 15 is 0 Å². The highest BCUT2D eigenvalue weighted by molar-refractivity contribution is 6.06. The standard InChI is InChI=1S/C11H10F2N2O2/c1-6-11(17)15(5-10(16)14-6)7-2-3-8(12)9(13)4-7/h2-4,6H,5H2,1H3,(H,14,16). The lowest BCUT2D eigenvalue weighted by Crippen LogP contribution is -2.57. The van der Waals surface area contributed by atoms with Gasteiger partial charge in [0, 0.05) is 11.8 Å². The van der Waals surface area contributed by atoms with Crippen LogP contribution in [0.15, 0.2) is 18.2 Å². The van der Waals surface area contributed by atoms with E-state index in [1.54, 1.807) is 0 Å². The average Bonchev–Trinajstić information content (AvgIpc) is 2.27. The number of piperazine rings is 1. The summed E-state index contributed by atoms with van der Waals surface area (Å²) in [6.45, 7) is 1.35. The summed E-state index contributed by atoms with van der Waals surface area (Å²) in [5.74, 6) is -2.72. The summed E-state index contributed by atoms with van der Waals surface area (Å²) in [5, 5.41) is 2.46. The van der Waals surface area contributed by atoms with Gasteiger partial charge in [-0.25, -0.2) is 8.78 Å². The van der Waals surface area contributed by atoms with E-state index in [9.17, 15) is 18.4 Å². The number of nitrogens with zero attached hydrogens (tertiary/aromatic N) is 1. The van der Waals surface area contributed by atoms with Crippen LogP contribution in [0.1, 0.15) is 6.92 Å². The molecule has 1 unspecified atom stereocenters. The van der Waals surface area contributed by atoms with Crippen molar-refractivity contribution in [3.8, 4) is 0 Å². The lowest BCUT2D eigenvalue weighted by molar-refractivity contribution is -0.130. The fraction of sp³-hybridized carbons (Fsp3) is 0.273. The zero-order chi connectivity index (χ0) is 12.6.